The molecule has 0 fully saturated rings. The molecule has 1 N–H and O–H groups in total. The monoisotopic (exact) mass is 353 g/mol. The first-order valence-corrected chi connectivity index (χ1v) is 8.25. The van der Waals surface area contributed by atoms with Crippen molar-refractivity contribution >= 4 is 12.1 Å². The zero-order chi connectivity index (χ0) is 18.7. The number of benzene rings is 1. The minimum absolute atomic E-state index is 0.0210. The third kappa shape index (κ3) is 9.07. The molecule has 0 spiro atoms. The summed E-state index contributed by atoms with van der Waals surface area (Å²) in [5, 5.41) is 9.51. The number of aryl methyl sites for hydroxylation is 1. The van der Waals surface area contributed by atoms with Gasteiger partial charge >= 0.3 is 12.1 Å². The summed E-state index contributed by atoms with van der Waals surface area (Å²) in [6.07, 6.45) is 0.632. The maximum atomic E-state index is 12.3. The average Bonchev–Trinajstić information content (AvgIpc) is 2.56. The number of aliphatic hydroxyl groups is 1. The minimum atomic E-state index is -0.749. The van der Waals surface area contributed by atoms with Crippen molar-refractivity contribution in [3.8, 4) is 0 Å². The summed E-state index contributed by atoms with van der Waals surface area (Å²) in [5.41, 5.74) is 0.429. The van der Waals surface area contributed by atoms with E-state index in [-0.39, 0.29) is 26.4 Å². The summed E-state index contributed by atoms with van der Waals surface area (Å²) in [6, 6.07) is 9.90. The minimum Gasteiger partial charge on any atom is -0.441 e. The molecule has 0 saturated carbocycles. The highest BCUT2D eigenvalue weighted by atomic mass is 16.8. The van der Waals surface area contributed by atoms with Gasteiger partial charge in [0.15, 0.2) is 0 Å². The van der Waals surface area contributed by atoms with Crippen molar-refractivity contribution < 1.29 is 29.0 Å². The first kappa shape index (κ1) is 20.9. The van der Waals surface area contributed by atoms with E-state index in [2.05, 4.69) is 0 Å². The van der Waals surface area contributed by atoms with Crippen molar-refractivity contribution in [2.24, 2.45) is 0 Å². The van der Waals surface area contributed by atoms with Crippen LogP contribution in [0.4, 0.5) is 4.79 Å². The van der Waals surface area contributed by atoms with E-state index in [0.29, 0.717) is 6.42 Å². The Morgan fingerprint density at radius 2 is 1.84 bits per heavy atom. The summed E-state index contributed by atoms with van der Waals surface area (Å²) in [6.45, 7) is 4.98. The third-order valence-corrected chi connectivity index (χ3v) is 3.34. The molecule has 140 valence electrons. The fourth-order valence-corrected chi connectivity index (χ4v) is 2.07. The van der Waals surface area contributed by atoms with Crippen molar-refractivity contribution in [3.63, 3.8) is 0 Å². The zero-order valence-electron chi connectivity index (χ0n) is 15.1. The van der Waals surface area contributed by atoms with Gasteiger partial charge in [0.2, 0.25) is 0 Å². The lowest BCUT2D eigenvalue weighted by Gasteiger charge is -2.28. The Hall–Kier alpha value is -2.12. The second kappa shape index (κ2) is 10.7. The fourth-order valence-electron chi connectivity index (χ4n) is 2.07. The van der Waals surface area contributed by atoms with Gasteiger partial charge in [0.25, 0.3) is 0 Å². The quantitative estimate of drug-likeness (QED) is 0.542. The van der Waals surface area contributed by atoms with Crippen LogP contribution in [0.5, 0.6) is 0 Å². The Bertz CT molecular complexity index is 532. The van der Waals surface area contributed by atoms with Crippen LogP contribution >= 0.6 is 0 Å². The topological polar surface area (TPSA) is 85.3 Å². The number of amides is 1. The van der Waals surface area contributed by atoms with E-state index in [1.54, 1.807) is 0 Å². The second-order valence-electron chi connectivity index (χ2n) is 6.13. The summed E-state index contributed by atoms with van der Waals surface area (Å²) in [4.78, 5) is 28.3. The molecule has 7 heteroatoms. The highest BCUT2D eigenvalue weighted by Gasteiger charge is 2.28. The van der Waals surface area contributed by atoms with E-state index >= 15 is 0 Å². The van der Waals surface area contributed by atoms with E-state index in [1.807, 2.05) is 44.2 Å². The van der Waals surface area contributed by atoms with Crippen molar-refractivity contribution in [3.05, 3.63) is 35.9 Å². The van der Waals surface area contributed by atoms with E-state index in [4.69, 9.17) is 19.4 Å². The fraction of sp³-hybridized carbons (Fsp3) is 0.556. The van der Waals surface area contributed by atoms with E-state index < -0.39 is 17.7 Å². The first-order chi connectivity index (χ1) is 11.8. The van der Waals surface area contributed by atoms with Crippen molar-refractivity contribution in [2.75, 3.05) is 26.4 Å². The molecule has 25 heavy (non-hydrogen) atoms. The molecule has 0 aliphatic heterocycles. The van der Waals surface area contributed by atoms with Crippen LogP contribution in [0.25, 0.3) is 0 Å². The number of carbonyl (C=O) groups excluding carboxylic acids is 2. The van der Waals surface area contributed by atoms with Gasteiger partial charge in [-0.2, -0.15) is 0 Å². The lowest BCUT2D eigenvalue weighted by atomic mass is 9.99. The maximum absolute atomic E-state index is 12.3. The van der Waals surface area contributed by atoms with Gasteiger partial charge in [-0.15, -0.1) is 5.06 Å². The number of nitrogens with zero attached hydrogens (tertiary/aromatic N) is 1. The molecule has 1 aromatic rings. The van der Waals surface area contributed by atoms with Gasteiger partial charge in [-0.25, -0.2) is 4.79 Å². The zero-order valence-corrected chi connectivity index (χ0v) is 15.1. The molecule has 0 atom stereocenters. The third-order valence-electron chi connectivity index (χ3n) is 3.34. The second-order valence-corrected chi connectivity index (χ2v) is 6.13. The summed E-state index contributed by atoms with van der Waals surface area (Å²) < 4.78 is 10.6. The van der Waals surface area contributed by atoms with Crippen LogP contribution in [0.15, 0.2) is 30.3 Å². The summed E-state index contributed by atoms with van der Waals surface area (Å²) in [7, 11) is 0. The molecule has 0 bridgehead atoms. The van der Waals surface area contributed by atoms with Crippen LogP contribution in [-0.4, -0.2) is 54.2 Å². The normalized spacial score (nSPS) is 11.0. The Morgan fingerprint density at radius 3 is 2.44 bits per heavy atom. The van der Waals surface area contributed by atoms with Crippen LogP contribution in [0.3, 0.4) is 0 Å². The number of carbonyl (C=O) groups is 2. The average molecular weight is 353 g/mol. The number of hydrogen-bond acceptors (Lipinski definition) is 6. The van der Waals surface area contributed by atoms with E-state index in [0.717, 1.165) is 17.0 Å². The summed E-state index contributed by atoms with van der Waals surface area (Å²) in [5.74, 6) is -0.624. The lowest BCUT2D eigenvalue weighted by molar-refractivity contribution is -0.184. The number of hydrogen-bond donors (Lipinski definition) is 1. The number of rotatable bonds is 9. The van der Waals surface area contributed by atoms with Gasteiger partial charge in [0, 0.05) is 6.92 Å². The van der Waals surface area contributed by atoms with Crippen molar-refractivity contribution in [1.82, 2.24) is 5.06 Å². The van der Waals surface area contributed by atoms with E-state index in [1.165, 1.54) is 6.92 Å². The molecule has 0 aliphatic rings. The summed E-state index contributed by atoms with van der Waals surface area (Å²) >= 11 is 0. The van der Waals surface area contributed by atoms with Gasteiger partial charge in [0.1, 0.15) is 5.60 Å². The predicted molar refractivity (Wildman–Crippen MR) is 91.7 cm³/mol. The number of hydroxylamine groups is 2. The molecular weight excluding hydrogens is 326 g/mol. The predicted octanol–water partition coefficient (Wildman–Crippen LogP) is 2.32. The molecule has 0 saturated heterocycles. The standard InChI is InChI=1S/C18H27NO6/c1-15(21)25-19(11-13-23-14-12-20)17(22)24-18(2,3)10-9-16-7-5-4-6-8-16/h4-8,20H,9-14H2,1-3H3. The van der Waals surface area contributed by atoms with Gasteiger partial charge < -0.3 is 19.4 Å². The Balaban J connectivity index is 2.55. The smallest absolute Gasteiger partial charge is 0.441 e. The SMILES string of the molecule is CC(=O)ON(CCOCCO)C(=O)OC(C)(C)CCc1ccccc1. The molecule has 0 unspecified atom stereocenters. The van der Waals surface area contributed by atoms with Crippen LogP contribution in [0.1, 0.15) is 32.8 Å². The molecule has 0 radical (unpaired) electrons. The van der Waals surface area contributed by atoms with Crippen molar-refractivity contribution in [2.45, 2.75) is 39.2 Å². The molecule has 7 nitrogen and oxygen atoms in total. The molecular formula is C18H27NO6. The molecule has 1 rings (SSSR count). The van der Waals surface area contributed by atoms with Gasteiger partial charge in [0.05, 0.1) is 26.4 Å². The number of aliphatic hydroxyl groups excluding tert-OH is 1. The Morgan fingerprint density at radius 1 is 1.16 bits per heavy atom. The van der Waals surface area contributed by atoms with Crippen LogP contribution < -0.4 is 0 Å². The van der Waals surface area contributed by atoms with Crippen LogP contribution in [0, 0.1) is 0 Å². The van der Waals surface area contributed by atoms with E-state index in [9.17, 15) is 9.59 Å². The van der Waals surface area contributed by atoms with Gasteiger partial charge in [-0.05, 0) is 32.3 Å². The molecule has 0 aliphatic carbocycles. The lowest BCUT2D eigenvalue weighted by Crippen LogP contribution is -2.41. The number of ether oxygens (including phenoxy) is 2. The largest absolute Gasteiger partial charge is 0.443 e. The van der Waals surface area contributed by atoms with Gasteiger partial charge in [-0.3, -0.25) is 4.79 Å². The van der Waals surface area contributed by atoms with Crippen LogP contribution in [-0.2, 0) is 25.5 Å². The highest BCUT2D eigenvalue weighted by Crippen LogP contribution is 2.19. The van der Waals surface area contributed by atoms with Crippen LogP contribution in [0.2, 0.25) is 0 Å². The Labute approximate surface area is 148 Å². The molecule has 1 amide bonds. The molecule has 0 heterocycles. The molecule has 1 aromatic carbocycles. The maximum Gasteiger partial charge on any atom is 0.443 e. The Kier molecular flexibility index (Phi) is 8.94. The van der Waals surface area contributed by atoms with Crippen molar-refractivity contribution in [1.29, 1.82) is 0 Å². The molecule has 0 aromatic heterocycles. The first-order valence-electron chi connectivity index (χ1n) is 8.25. The van der Waals surface area contributed by atoms with Gasteiger partial charge in [-0.1, -0.05) is 30.3 Å². The highest BCUT2D eigenvalue weighted by molar-refractivity contribution is 5.71.